The van der Waals surface area contributed by atoms with Crippen molar-refractivity contribution in [3.63, 3.8) is 0 Å². The lowest BCUT2D eigenvalue weighted by Gasteiger charge is -2.17. The second-order valence-electron chi connectivity index (χ2n) is 4.67. The van der Waals surface area contributed by atoms with Crippen molar-refractivity contribution in [2.24, 2.45) is 7.05 Å². The van der Waals surface area contributed by atoms with E-state index in [1.54, 1.807) is 0 Å². The minimum atomic E-state index is 0.408. The van der Waals surface area contributed by atoms with E-state index in [0.717, 1.165) is 23.9 Å². The highest BCUT2D eigenvalue weighted by molar-refractivity contribution is 9.10. The van der Waals surface area contributed by atoms with Crippen molar-refractivity contribution >= 4 is 15.9 Å². The predicted octanol–water partition coefficient (Wildman–Crippen LogP) is 3.47. The molecule has 1 heterocycles. The molecule has 0 amide bonds. The maximum absolute atomic E-state index is 4.19. The number of aryl methyl sites for hydroxylation is 1. The van der Waals surface area contributed by atoms with E-state index in [-0.39, 0.29) is 0 Å². The smallest absolute Gasteiger partial charge is 0.0492 e. The quantitative estimate of drug-likeness (QED) is 0.883. The number of halogens is 1. The van der Waals surface area contributed by atoms with Gasteiger partial charge in [-0.1, -0.05) is 35.0 Å². The molecule has 19 heavy (non-hydrogen) atoms. The Morgan fingerprint density at radius 2 is 2.21 bits per heavy atom. The molecule has 2 aromatic rings. The summed E-state index contributed by atoms with van der Waals surface area (Å²) in [7, 11) is 1.99. The summed E-state index contributed by atoms with van der Waals surface area (Å²) < 4.78 is 3.07. The fourth-order valence-electron chi connectivity index (χ4n) is 2.24. The van der Waals surface area contributed by atoms with Crippen LogP contribution in [0.2, 0.25) is 0 Å². The molecule has 2 rings (SSSR count). The van der Waals surface area contributed by atoms with E-state index in [1.807, 2.05) is 17.9 Å². The number of hydrogen-bond donors (Lipinski definition) is 1. The second kappa shape index (κ2) is 6.87. The average molecular weight is 322 g/mol. The molecule has 1 unspecified atom stereocenters. The van der Waals surface area contributed by atoms with Crippen LogP contribution >= 0.6 is 15.9 Å². The minimum absolute atomic E-state index is 0.408. The Hall–Kier alpha value is -1.13. The molecule has 0 radical (unpaired) electrons. The first-order valence-corrected chi connectivity index (χ1v) is 7.45. The van der Waals surface area contributed by atoms with Gasteiger partial charge in [-0.2, -0.15) is 5.10 Å². The molecular formula is C15H20BrN3. The Morgan fingerprint density at radius 3 is 2.84 bits per heavy atom. The van der Waals surface area contributed by atoms with E-state index >= 15 is 0 Å². The van der Waals surface area contributed by atoms with Crippen molar-refractivity contribution in [1.29, 1.82) is 0 Å². The van der Waals surface area contributed by atoms with Crippen LogP contribution in [0.1, 0.15) is 30.6 Å². The topological polar surface area (TPSA) is 29.9 Å². The highest BCUT2D eigenvalue weighted by Gasteiger charge is 2.09. The van der Waals surface area contributed by atoms with Gasteiger partial charge < -0.3 is 5.32 Å². The summed E-state index contributed by atoms with van der Waals surface area (Å²) in [6.45, 7) is 3.17. The molecule has 0 aliphatic heterocycles. The molecule has 0 saturated carbocycles. The summed E-state index contributed by atoms with van der Waals surface area (Å²) in [5, 5.41) is 7.80. The van der Waals surface area contributed by atoms with E-state index < -0.39 is 0 Å². The first-order valence-electron chi connectivity index (χ1n) is 6.66. The van der Waals surface area contributed by atoms with Crippen LogP contribution in [0, 0.1) is 0 Å². The molecular weight excluding hydrogens is 302 g/mol. The van der Waals surface area contributed by atoms with Gasteiger partial charge in [0.25, 0.3) is 0 Å². The number of nitrogens with zero attached hydrogens (tertiary/aromatic N) is 2. The summed E-state index contributed by atoms with van der Waals surface area (Å²) >= 11 is 3.53. The number of nitrogens with one attached hydrogen (secondary N) is 1. The van der Waals surface area contributed by atoms with Crippen LogP contribution in [0.15, 0.2) is 41.0 Å². The van der Waals surface area contributed by atoms with Gasteiger partial charge in [0.1, 0.15) is 0 Å². The zero-order valence-corrected chi connectivity index (χ0v) is 13.0. The van der Waals surface area contributed by atoms with Gasteiger partial charge in [-0.05, 0) is 30.2 Å². The Labute approximate surface area is 123 Å². The van der Waals surface area contributed by atoms with Crippen LogP contribution in [0.5, 0.6) is 0 Å². The largest absolute Gasteiger partial charge is 0.310 e. The molecule has 1 atom stereocenters. The lowest BCUT2D eigenvalue weighted by molar-refractivity contribution is 0.515. The molecule has 0 bridgehead atoms. The third-order valence-electron chi connectivity index (χ3n) is 3.35. The molecule has 0 fully saturated rings. The van der Waals surface area contributed by atoms with E-state index in [4.69, 9.17) is 0 Å². The third-order valence-corrected chi connectivity index (χ3v) is 3.85. The predicted molar refractivity (Wildman–Crippen MR) is 82.1 cm³/mol. The lowest BCUT2D eigenvalue weighted by Crippen LogP contribution is -2.23. The molecule has 1 aromatic carbocycles. The standard InChI is InChI=1S/C15H20BrN3/c1-3-15(12-5-4-6-13(16)11-12)17-9-7-14-8-10-18-19(14)2/h4-6,8,10-11,15,17H,3,7,9H2,1-2H3. The third kappa shape index (κ3) is 3.91. The van der Waals surface area contributed by atoms with Crippen molar-refractivity contribution in [2.45, 2.75) is 25.8 Å². The van der Waals surface area contributed by atoms with Gasteiger partial charge >= 0.3 is 0 Å². The van der Waals surface area contributed by atoms with E-state index in [0.29, 0.717) is 6.04 Å². The molecule has 0 spiro atoms. The second-order valence-corrected chi connectivity index (χ2v) is 5.58. The molecule has 1 aromatic heterocycles. The fourth-order valence-corrected chi connectivity index (χ4v) is 2.66. The van der Waals surface area contributed by atoms with Crippen LogP contribution in [0.3, 0.4) is 0 Å². The first kappa shape index (κ1) is 14.3. The maximum atomic E-state index is 4.19. The van der Waals surface area contributed by atoms with Gasteiger partial charge in [0.2, 0.25) is 0 Å². The summed E-state index contributed by atoms with van der Waals surface area (Å²) in [4.78, 5) is 0. The zero-order chi connectivity index (χ0) is 13.7. The van der Waals surface area contributed by atoms with Gasteiger partial charge in [-0.3, -0.25) is 4.68 Å². The zero-order valence-electron chi connectivity index (χ0n) is 11.4. The molecule has 102 valence electrons. The van der Waals surface area contributed by atoms with Crippen molar-refractivity contribution in [1.82, 2.24) is 15.1 Å². The van der Waals surface area contributed by atoms with E-state index in [9.17, 15) is 0 Å². The molecule has 0 saturated heterocycles. The van der Waals surface area contributed by atoms with Crippen LogP contribution < -0.4 is 5.32 Å². The molecule has 1 N–H and O–H groups in total. The highest BCUT2D eigenvalue weighted by Crippen LogP contribution is 2.20. The van der Waals surface area contributed by atoms with Gasteiger partial charge in [0.15, 0.2) is 0 Å². The number of rotatable bonds is 6. The SMILES string of the molecule is CCC(NCCc1ccnn1C)c1cccc(Br)c1. The molecule has 3 nitrogen and oxygen atoms in total. The van der Waals surface area contributed by atoms with Crippen molar-refractivity contribution in [3.05, 3.63) is 52.3 Å². The number of benzene rings is 1. The first-order chi connectivity index (χ1) is 9.20. The van der Waals surface area contributed by atoms with Crippen molar-refractivity contribution in [3.8, 4) is 0 Å². The highest BCUT2D eigenvalue weighted by atomic mass is 79.9. The van der Waals surface area contributed by atoms with Crippen LogP contribution in [-0.4, -0.2) is 16.3 Å². The summed E-state index contributed by atoms with van der Waals surface area (Å²) in [6, 6.07) is 11.0. The van der Waals surface area contributed by atoms with Crippen molar-refractivity contribution in [2.75, 3.05) is 6.54 Å². The monoisotopic (exact) mass is 321 g/mol. The molecule has 0 aliphatic carbocycles. The Kier molecular flexibility index (Phi) is 5.16. The van der Waals surface area contributed by atoms with E-state index in [1.165, 1.54) is 11.3 Å². The van der Waals surface area contributed by atoms with Gasteiger partial charge in [-0.15, -0.1) is 0 Å². The number of hydrogen-bond acceptors (Lipinski definition) is 2. The fraction of sp³-hybridized carbons (Fsp3) is 0.400. The van der Waals surface area contributed by atoms with Gasteiger partial charge in [0, 0.05) is 42.4 Å². The lowest BCUT2D eigenvalue weighted by atomic mass is 10.0. The summed E-state index contributed by atoms with van der Waals surface area (Å²) in [5.41, 5.74) is 2.60. The van der Waals surface area contributed by atoms with Crippen LogP contribution in [-0.2, 0) is 13.5 Å². The van der Waals surface area contributed by atoms with Crippen LogP contribution in [0.25, 0.3) is 0 Å². The van der Waals surface area contributed by atoms with Crippen molar-refractivity contribution < 1.29 is 0 Å². The van der Waals surface area contributed by atoms with Crippen LogP contribution in [0.4, 0.5) is 0 Å². The Morgan fingerprint density at radius 1 is 1.37 bits per heavy atom. The molecule has 4 heteroatoms. The molecule has 0 aliphatic rings. The summed E-state index contributed by atoms with van der Waals surface area (Å²) in [5.74, 6) is 0. The average Bonchev–Trinajstić information content (AvgIpc) is 2.80. The van der Waals surface area contributed by atoms with Gasteiger partial charge in [-0.25, -0.2) is 0 Å². The Balaban J connectivity index is 1.91. The Bertz CT molecular complexity index is 522. The minimum Gasteiger partial charge on any atom is -0.310 e. The summed E-state index contributed by atoms with van der Waals surface area (Å²) in [6.07, 6.45) is 3.93. The normalized spacial score (nSPS) is 12.6. The maximum Gasteiger partial charge on any atom is 0.0492 e. The number of aromatic nitrogens is 2. The van der Waals surface area contributed by atoms with Gasteiger partial charge in [0.05, 0.1) is 0 Å². The van der Waals surface area contributed by atoms with E-state index in [2.05, 4.69) is 63.6 Å².